The van der Waals surface area contributed by atoms with E-state index in [-0.39, 0.29) is 5.56 Å². The van der Waals surface area contributed by atoms with Crippen molar-refractivity contribution < 1.29 is 14.6 Å². The summed E-state index contributed by atoms with van der Waals surface area (Å²) in [6.07, 6.45) is 1.70. The molecule has 1 N–H and O–H groups in total. The van der Waals surface area contributed by atoms with E-state index in [9.17, 15) is 4.79 Å². The fourth-order valence-electron chi connectivity index (χ4n) is 2.31. The number of carboxylic acids is 1. The number of imidazole rings is 1. The van der Waals surface area contributed by atoms with Crippen molar-refractivity contribution in [1.29, 1.82) is 0 Å². The number of benzene rings is 2. The third-order valence-corrected chi connectivity index (χ3v) is 3.29. The third-order valence-electron chi connectivity index (χ3n) is 3.29. The molecule has 0 saturated carbocycles. The van der Waals surface area contributed by atoms with E-state index in [0.29, 0.717) is 6.61 Å². The molecule has 0 aliphatic carbocycles. The highest BCUT2D eigenvalue weighted by atomic mass is 16.5. The number of carboxylic acid groups (broad SMARTS) is 1. The molecular formula is C16H14N2O3. The number of hydrogen-bond donors (Lipinski definition) is 1. The van der Waals surface area contributed by atoms with Gasteiger partial charge in [-0.25, -0.2) is 9.78 Å². The van der Waals surface area contributed by atoms with Crippen LogP contribution in [0.4, 0.5) is 0 Å². The zero-order valence-electron chi connectivity index (χ0n) is 11.5. The van der Waals surface area contributed by atoms with E-state index in [1.54, 1.807) is 31.6 Å². The largest absolute Gasteiger partial charge is 0.478 e. The van der Waals surface area contributed by atoms with Gasteiger partial charge in [-0.05, 0) is 35.9 Å². The number of fused-ring (bicyclic) bond motifs is 1. The van der Waals surface area contributed by atoms with E-state index in [2.05, 4.69) is 4.98 Å². The van der Waals surface area contributed by atoms with E-state index in [1.165, 1.54) is 0 Å². The summed E-state index contributed by atoms with van der Waals surface area (Å²) in [7, 11) is 1.65. The number of aromatic carboxylic acids is 1. The lowest BCUT2D eigenvalue weighted by Crippen LogP contribution is -1.98. The normalized spacial score (nSPS) is 10.9. The van der Waals surface area contributed by atoms with Gasteiger partial charge in [0.25, 0.3) is 0 Å². The Hall–Kier alpha value is -2.66. The second kappa shape index (κ2) is 5.38. The summed E-state index contributed by atoms with van der Waals surface area (Å²) in [5, 5.41) is 9.11. The van der Waals surface area contributed by atoms with Gasteiger partial charge in [0.05, 0.1) is 23.2 Å². The number of carbonyl (C=O) groups is 1. The van der Waals surface area contributed by atoms with Gasteiger partial charge in [-0.1, -0.05) is 12.1 Å². The van der Waals surface area contributed by atoms with Crippen molar-refractivity contribution in [2.45, 2.75) is 6.61 Å². The summed E-state index contributed by atoms with van der Waals surface area (Å²) < 4.78 is 7.01. The minimum Gasteiger partial charge on any atom is -0.478 e. The first-order chi connectivity index (χ1) is 10.2. The summed E-state index contributed by atoms with van der Waals surface area (Å²) in [5.74, 6) is -0.946. The van der Waals surface area contributed by atoms with Gasteiger partial charge < -0.3 is 9.84 Å². The Balaban J connectivity index is 2.13. The highest BCUT2D eigenvalue weighted by Gasteiger charge is 2.09. The van der Waals surface area contributed by atoms with E-state index in [0.717, 1.165) is 22.3 Å². The quantitative estimate of drug-likeness (QED) is 0.799. The lowest BCUT2D eigenvalue weighted by Gasteiger charge is -2.07. The Bertz CT molecular complexity index is 808. The highest BCUT2D eigenvalue weighted by Crippen LogP contribution is 2.20. The summed E-state index contributed by atoms with van der Waals surface area (Å²) in [6, 6.07) is 12.8. The Kier molecular flexibility index (Phi) is 3.41. The second-order valence-electron chi connectivity index (χ2n) is 4.73. The predicted octanol–water partition coefficient (Wildman–Crippen LogP) is 2.87. The summed E-state index contributed by atoms with van der Waals surface area (Å²) in [5.41, 5.74) is 3.75. The maximum Gasteiger partial charge on any atom is 0.335 e. The van der Waals surface area contributed by atoms with Crippen LogP contribution < -0.4 is 0 Å². The van der Waals surface area contributed by atoms with Crippen LogP contribution in [0.1, 0.15) is 15.9 Å². The summed E-state index contributed by atoms with van der Waals surface area (Å²) in [6.45, 7) is 0.529. The van der Waals surface area contributed by atoms with Crippen molar-refractivity contribution in [3.05, 3.63) is 59.9 Å². The molecular weight excluding hydrogens is 268 g/mol. The first-order valence-corrected chi connectivity index (χ1v) is 6.47. The number of hydrogen-bond acceptors (Lipinski definition) is 3. The smallest absolute Gasteiger partial charge is 0.335 e. The molecule has 0 unspecified atom stereocenters. The van der Waals surface area contributed by atoms with Gasteiger partial charge in [0, 0.05) is 12.8 Å². The lowest BCUT2D eigenvalue weighted by atomic mass is 10.2. The fourth-order valence-corrected chi connectivity index (χ4v) is 2.31. The molecule has 2 aromatic carbocycles. The number of methoxy groups -OCH3 is 1. The molecule has 0 bridgehead atoms. The van der Waals surface area contributed by atoms with E-state index in [4.69, 9.17) is 9.84 Å². The topological polar surface area (TPSA) is 64.4 Å². The van der Waals surface area contributed by atoms with Gasteiger partial charge in [-0.3, -0.25) is 4.57 Å². The van der Waals surface area contributed by atoms with Crippen LogP contribution in [-0.4, -0.2) is 27.7 Å². The molecule has 0 fully saturated rings. The minimum absolute atomic E-state index is 0.247. The van der Waals surface area contributed by atoms with Gasteiger partial charge in [0.2, 0.25) is 0 Å². The molecule has 21 heavy (non-hydrogen) atoms. The molecule has 1 aromatic heterocycles. The monoisotopic (exact) mass is 282 g/mol. The zero-order chi connectivity index (χ0) is 14.8. The van der Waals surface area contributed by atoms with E-state index in [1.807, 2.05) is 28.8 Å². The van der Waals surface area contributed by atoms with Crippen LogP contribution in [0.25, 0.3) is 16.7 Å². The van der Waals surface area contributed by atoms with Crippen molar-refractivity contribution in [2.24, 2.45) is 0 Å². The zero-order valence-corrected chi connectivity index (χ0v) is 11.5. The molecule has 0 aliphatic heterocycles. The maximum absolute atomic E-state index is 11.1. The van der Waals surface area contributed by atoms with Crippen molar-refractivity contribution in [1.82, 2.24) is 9.55 Å². The molecule has 0 spiro atoms. The average Bonchev–Trinajstić information content (AvgIpc) is 2.90. The number of aromatic nitrogens is 2. The number of rotatable bonds is 4. The molecule has 0 atom stereocenters. The third kappa shape index (κ3) is 2.51. The Morgan fingerprint density at radius 2 is 2.14 bits per heavy atom. The lowest BCUT2D eigenvalue weighted by molar-refractivity contribution is 0.0697. The van der Waals surface area contributed by atoms with Crippen molar-refractivity contribution >= 4 is 17.0 Å². The van der Waals surface area contributed by atoms with Crippen molar-refractivity contribution in [3.8, 4) is 5.69 Å². The van der Waals surface area contributed by atoms with Crippen molar-refractivity contribution in [2.75, 3.05) is 7.11 Å². The Morgan fingerprint density at radius 3 is 2.90 bits per heavy atom. The maximum atomic E-state index is 11.1. The van der Waals surface area contributed by atoms with Crippen LogP contribution in [0, 0.1) is 0 Å². The first-order valence-electron chi connectivity index (χ1n) is 6.47. The Labute approximate surface area is 121 Å². The van der Waals surface area contributed by atoms with Crippen LogP contribution in [0.2, 0.25) is 0 Å². The van der Waals surface area contributed by atoms with Crippen LogP contribution in [0.3, 0.4) is 0 Å². The van der Waals surface area contributed by atoms with Crippen LogP contribution in [0.15, 0.2) is 48.8 Å². The van der Waals surface area contributed by atoms with E-state index >= 15 is 0 Å². The van der Waals surface area contributed by atoms with Crippen LogP contribution >= 0.6 is 0 Å². The second-order valence-corrected chi connectivity index (χ2v) is 4.73. The van der Waals surface area contributed by atoms with Gasteiger partial charge in [-0.15, -0.1) is 0 Å². The molecule has 0 radical (unpaired) electrons. The highest BCUT2D eigenvalue weighted by molar-refractivity contribution is 5.92. The predicted molar refractivity (Wildman–Crippen MR) is 78.7 cm³/mol. The molecule has 0 saturated heterocycles. The van der Waals surface area contributed by atoms with Gasteiger partial charge in [0.1, 0.15) is 6.33 Å². The molecule has 3 aromatic rings. The molecule has 1 heterocycles. The minimum atomic E-state index is -0.946. The van der Waals surface area contributed by atoms with Crippen LogP contribution in [-0.2, 0) is 11.3 Å². The first kappa shape index (κ1) is 13.3. The Morgan fingerprint density at radius 1 is 1.29 bits per heavy atom. The van der Waals surface area contributed by atoms with Gasteiger partial charge in [0.15, 0.2) is 0 Å². The summed E-state index contributed by atoms with van der Waals surface area (Å²) >= 11 is 0. The van der Waals surface area contributed by atoms with E-state index < -0.39 is 5.97 Å². The molecule has 106 valence electrons. The molecule has 0 amide bonds. The standard InChI is InChI=1S/C16H14N2O3/c1-21-9-11-3-2-4-13(7-11)18-10-17-14-6-5-12(16(19)20)8-15(14)18/h2-8,10H,9H2,1H3,(H,19,20). The molecule has 5 nitrogen and oxygen atoms in total. The van der Waals surface area contributed by atoms with Crippen LogP contribution in [0.5, 0.6) is 0 Å². The average molecular weight is 282 g/mol. The van der Waals surface area contributed by atoms with Gasteiger partial charge in [-0.2, -0.15) is 0 Å². The van der Waals surface area contributed by atoms with Gasteiger partial charge >= 0.3 is 5.97 Å². The SMILES string of the molecule is COCc1cccc(-n2cnc3ccc(C(=O)O)cc32)c1. The molecule has 5 heteroatoms. The molecule has 0 aliphatic rings. The fraction of sp³-hybridized carbons (Fsp3) is 0.125. The number of nitrogens with zero attached hydrogens (tertiary/aromatic N) is 2. The summed E-state index contributed by atoms with van der Waals surface area (Å²) in [4.78, 5) is 15.4. The molecule has 3 rings (SSSR count). The van der Waals surface area contributed by atoms with Crippen molar-refractivity contribution in [3.63, 3.8) is 0 Å². The number of ether oxygens (including phenoxy) is 1.